The van der Waals surface area contributed by atoms with Gasteiger partial charge >= 0.3 is 0 Å². The number of ketones is 1. The molecule has 0 bridgehead atoms. The van der Waals surface area contributed by atoms with E-state index in [1.165, 1.54) is 0 Å². The summed E-state index contributed by atoms with van der Waals surface area (Å²) in [5.41, 5.74) is 0. The third kappa shape index (κ3) is 4.10. The van der Waals surface area contributed by atoms with Crippen molar-refractivity contribution in [2.75, 3.05) is 6.16 Å². The Morgan fingerprint density at radius 3 is 2.20 bits per heavy atom. The highest BCUT2D eigenvalue weighted by molar-refractivity contribution is 7.18. The average Bonchev–Trinajstić information content (AvgIpc) is 1.38. The fourth-order valence-electron chi connectivity index (χ4n) is 0. The average molecular weight is 90.1 g/mol. The van der Waals surface area contributed by atoms with E-state index in [9.17, 15) is 4.79 Å². The SMILES string of the molecule is CC(=O)CP. The molecule has 0 saturated carbocycles. The molecule has 2 heteroatoms. The first kappa shape index (κ1) is 5.10. The first-order valence-corrected chi connectivity index (χ1v) is 2.28. The van der Waals surface area contributed by atoms with E-state index in [1.807, 2.05) is 0 Å². The van der Waals surface area contributed by atoms with E-state index in [0.29, 0.717) is 6.16 Å². The van der Waals surface area contributed by atoms with Crippen LogP contribution in [0.3, 0.4) is 0 Å². The van der Waals surface area contributed by atoms with Crippen molar-refractivity contribution >= 4 is 15.0 Å². The number of carbonyl (C=O) groups is 1. The Kier molecular flexibility index (Phi) is 2.39. The summed E-state index contributed by atoms with van der Waals surface area (Å²) in [6.07, 6.45) is 0.583. The van der Waals surface area contributed by atoms with Gasteiger partial charge in [0.2, 0.25) is 0 Å². The van der Waals surface area contributed by atoms with E-state index in [0.717, 1.165) is 0 Å². The Hall–Kier alpha value is 0.100. The van der Waals surface area contributed by atoms with E-state index in [2.05, 4.69) is 9.24 Å². The summed E-state index contributed by atoms with van der Waals surface area (Å²) in [7, 11) is 2.34. The summed E-state index contributed by atoms with van der Waals surface area (Å²) in [6.45, 7) is 1.56. The van der Waals surface area contributed by atoms with Crippen LogP contribution in [0.2, 0.25) is 0 Å². The first-order valence-electron chi connectivity index (χ1n) is 1.47. The minimum Gasteiger partial charge on any atom is -0.300 e. The lowest BCUT2D eigenvalue weighted by molar-refractivity contribution is -0.114. The normalized spacial score (nSPS) is 7.60. The predicted octanol–water partition coefficient (Wildman–Crippen LogP) is 0.450. The topological polar surface area (TPSA) is 17.1 Å². The van der Waals surface area contributed by atoms with Gasteiger partial charge in [-0.1, -0.05) is 0 Å². The maximum absolute atomic E-state index is 9.79. The van der Waals surface area contributed by atoms with Crippen LogP contribution >= 0.6 is 9.24 Å². The van der Waals surface area contributed by atoms with E-state index in [4.69, 9.17) is 0 Å². The third-order valence-electron chi connectivity index (χ3n) is 0.287. The van der Waals surface area contributed by atoms with Crippen molar-refractivity contribution in [3.05, 3.63) is 0 Å². The Labute approximate surface area is 34.0 Å². The molecule has 0 N–H and O–H groups in total. The van der Waals surface area contributed by atoms with Crippen LogP contribution in [0, 0.1) is 0 Å². The zero-order valence-corrected chi connectivity index (χ0v) is 4.35. The highest BCUT2D eigenvalue weighted by Crippen LogP contribution is 1.77. The number of hydrogen-bond acceptors (Lipinski definition) is 1. The van der Waals surface area contributed by atoms with Crippen molar-refractivity contribution in [2.45, 2.75) is 6.92 Å². The Morgan fingerprint density at radius 1 is 2.00 bits per heavy atom. The molecule has 0 aliphatic rings. The van der Waals surface area contributed by atoms with Crippen LogP contribution in [0.5, 0.6) is 0 Å². The summed E-state index contributed by atoms with van der Waals surface area (Å²) < 4.78 is 0. The Bertz CT molecular complexity index is 42.2. The lowest BCUT2D eigenvalue weighted by Gasteiger charge is -1.71. The predicted molar refractivity (Wildman–Crippen MR) is 25.3 cm³/mol. The zero-order valence-electron chi connectivity index (χ0n) is 3.19. The van der Waals surface area contributed by atoms with Crippen molar-refractivity contribution in [2.24, 2.45) is 0 Å². The molecule has 5 heavy (non-hydrogen) atoms. The van der Waals surface area contributed by atoms with Gasteiger partial charge in [0.25, 0.3) is 0 Å². The van der Waals surface area contributed by atoms with Gasteiger partial charge in [-0.15, -0.1) is 9.24 Å². The standard InChI is InChI=1S/C3H7OP/c1-3(4)2-5/h2,5H2,1H3. The smallest absolute Gasteiger partial charge is 0.133 e. The van der Waals surface area contributed by atoms with Gasteiger partial charge in [0.1, 0.15) is 5.78 Å². The molecular formula is C3H7OP. The van der Waals surface area contributed by atoms with Crippen molar-refractivity contribution in [3.63, 3.8) is 0 Å². The van der Waals surface area contributed by atoms with Gasteiger partial charge < -0.3 is 0 Å². The van der Waals surface area contributed by atoms with Crippen molar-refractivity contribution in [1.29, 1.82) is 0 Å². The molecule has 0 fully saturated rings. The second kappa shape index (κ2) is 2.34. The lowest BCUT2D eigenvalue weighted by Crippen LogP contribution is -1.85. The largest absolute Gasteiger partial charge is 0.300 e. The monoisotopic (exact) mass is 90.0 g/mol. The molecule has 0 aromatic rings. The molecule has 0 amide bonds. The molecule has 1 atom stereocenters. The fourth-order valence-corrected chi connectivity index (χ4v) is 0. The lowest BCUT2D eigenvalue weighted by atomic mass is 10.5. The quantitative estimate of drug-likeness (QED) is 0.427. The van der Waals surface area contributed by atoms with Gasteiger partial charge in [0.05, 0.1) is 0 Å². The molecule has 0 rings (SSSR count). The fraction of sp³-hybridized carbons (Fsp3) is 0.667. The van der Waals surface area contributed by atoms with Crippen LogP contribution in [0.4, 0.5) is 0 Å². The number of Topliss-reactive ketones (excluding diaryl/α,β-unsaturated/α-hetero) is 1. The molecule has 30 valence electrons. The molecule has 0 aromatic carbocycles. The molecule has 1 nitrogen and oxygen atoms in total. The second-order valence-electron chi connectivity index (χ2n) is 0.906. The van der Waals surface area contributed by atoms with E-state index >= 15 is 0 Å². The molecule has 0 radical (unpaired) electrons. The van der Waals surface area contributed by atoms with Crippen LogP contribution in [0.25, 0.3) is 0 Å². The van der Waals surface area contributed by atoms with Crippen LogP contribution < -0.4 is 0 Å². The number of rotatable bonds is 1. The van der Waals surface area contributed by atoms with Crippen LogP contribution in [0.1, 0.15) is 6.92 Å². The number of carbonyl (C=O) groups excluding carboxylic acids is 1. The maximum Gasteiger partial charge on any atom is 0.133 e. The van der Waals surface area contributed by atoms with Crippen molar-refractivity contribution < 1.29 is 4.79 Å². The molecule has 1 unspecified atom stereocenters. The molecular weight excluding hydrogens is 83.0 g/mol. The molecule has 0 heterocycles. The number of hydrogen-bond donors (Lipinski definition) is 0. The molecule has 0 aromatic heterocycles. The van der Waals surface area contributed by atoms with Crippen LogP contribution in [-0.2, 0) is 4.79 Å². The Morgan fingerprint density at radius 2 is 2.20 bits per heavy atom. The summed E-state index contributed by atoms with van der Waals surface area (Å²) in [4.78, 5) is 9.79. The van der Waals surface area contributed by atoms with Crippen LogP contribution in [-0.4, -0.2) is 11.9 Å². The highest BCUT2D eigenvalue weighted by Gasteiger charge is 1.77. The summed E-state index contributed by atoms with van der Waals surface area (Å²) in [5, 5.41) is 0. The highest BCUT2D eigenvalue weighted by atomic mass is 31.0. The Balaban J connectivity index is 2.85. The minimum atomic E-state index is 0.218. The van der Waals surface area contributed by atoms with E-state index in [-0.39, 0.29) is 5.78 Å². The summed E-state index contributed by atoms with van der Waals surface area (Å²) >= 11 is 0. The zero-order chi connectivity index (χ0) is 4.28. The van der Waals surface area contributed by atoms with E-state index < -0.39 is 0 Å². The van der Waals surface area contributed by atoms with Gasteiger partial charge in [-0.25, -0.2) is 0 Å². The summed E-state index contributed by atoms with van der Waals surface area (Å²) in [5.74, 6) is 0.218. The molecule has 0 saturated heterocycles. The molecule has 0 spiro atoms. The van der Waals surface area contributed by atoms with Crippen LogP contribution in [0.15, 0.2) is 0 Å². The third-order valence-corrected chi connectivity index (χ3v) is 0.862. The van der Waals surface area contributed by atoms with Gasteiger partial charge in [-0.2, -0.15) is 0 Å². The van der Waals surface area contributed by atoms with Crippen molar-refractivity contribution in [3.8, 4) is 0 Å². The molecule has 0 aliphatic carbocycles. The minimum absolute atomic E-state index is 0.218. The van der Waals surface area contributed by atoms with Crippen molar-refractivity contribution in [1.82, 2.24) is 0 Å². The van der Waals surface area contributed by atoms with Gasteiger partial charge in [-0.05, 0) is 6.92 Å². The van der Waals surface area contributed by atoms with Gasteiger partial charge in [0, 0.05) is 6.16 Å². The maximum atomic E-state index is 9.79. The summed E-state index contributed by atoms with van der Waals surface area (Å²) in [6, 6.07) is 0. The van der Waals surface area contributed by atoms with Gasteiger partial charge in [-0.3, -0.25) is 4.79 Å². The van der Waals surface area contributed by atoms with E-state index in [1.54, 1.807) is 6.92 Å². The second-order valence-corrected chi connectivity index (χ2v) is 1.31. The first-order chi connectivity index (χ1) is 2.27. The van der Waals surface area contributed by atoms with Gasteiger partial charge in [0.15, 0.2) is 0 Å². The molecule has 0 aliphatic heterocycles.